The van der Waals surface area contributed by atoms with Gasteiger partial charge in [0, 0.05) is 23.2 Å². The number of nitrogens with zero attached hydrogens (tertiary/aromatic N) is 1. The summed E-state index contributed by atoms with van der Waals surface area (Å²) in [6, 6.07) is 12.2. The van der Waals surface area contributed by atoms with Gasteiger partial charge in [-0.15, -0.1) is 0 Å². The number of hydrogen-bond acceptors (Lipinski definition) is 3. The van der Waals surface area contributed by atoms with Crippen molar-refractivity contribution in [3.05, 3.63) is 52.0 Å². The Morgan fingerprint density at radius 3 is 2.79 bits per heavy atom. The highest BCUT2D eigenvalue weighted by Crippen LogP contribution is 2.37. The lowest BCUT2D eigenvalue weighted by Crippen LogP contribution is -2.15. The predicted octanol–water partition coefficient (Wildman–Crippen LogP) is 3.56. The number of ether oxygens (including phenoxy) is 1. The van der Waals surface area contributed by atoms with Crippen molar-refractivity contribution in [3.63, 3.8) is 0 Å². The lowest BCUT2D eigenvalue weighted by atomic mass is 10.1. The van der Waals surface area contributed by atoms with Crippen LogP contribution in [0.1, 0.15) is 11.1 Å². The lowest BCUT2D eigenvalue weighted by molar-refractivity contribution is 0.414. The van der Waals surface area contributed by atoms with Crippen LogP contribution in [0.2, 0.25) is 0 Å². The molecule has 1 aliphatic heterocycles. The fourth-order valence-corrected chi connectivity index (χ4v) is 2.88. The number of hydrogen-bond donors (Lipinski definition) is 1. The van der Waals surface area contributed by atoms with Crippen molar-refractivity contribution in [3.8, 4) is 5.75 Å². The molecule has 1 aliphatic rings. The van der Waals surface area contributed by atoms with Crippen molar-refractivity contribution >= 4 is 27.3 Å². The second-order valence-electron chi connectivity index (χ2n) is 4.66. The third-order valence-corrected chi connectivity index (χ3v) is 3.99. The molecule has 3 rings (SSSR count). The number of anilines is 2. The zero-order valence-electron chi connectivity index (χ0n) is 10.7. The van der Waals surface area contributed by atoms with Crippen LogP contribution in [0.25, 0.3) is 0 Å². The molecule has 2 aromatic rings. The molecule has 1 heterocycles. The van der Waals surface area contributed by atoms with Gasteiger partial charge < -0.3 is 15.4 Å². The summed E-state index contributed by atoms with van der Waals surface area (Å²) in [5, 5.41) is 0. The van der Waals surface area contributed by atoms with E-state index in [1.165, 1.54) is 11.1 Å². The summed E-state index contributed by atoms with van der Waals surface area (Å²) in [6.45, 7) is 1.70. The first kappa shape index (κ1) is 12.4. The highest BCUT2D eigenvalue weighted by atomic mass is 79.9. The number of nitrogen functional groups attached to an aromatic ring is 1. The van der Waals surface area contributed by atoms with E-state index >= 15 is 0 Å². The summed E-state index contributed by atoms with van der Waals surface area (Å²) in [5.74, 6) is 0.884. The number of benzene rings is 2. The first-order chi connectivity index (χ1) is 9.19. The maximum Gasteiger partial charge on any atom is 0.142 e. The third-order valence-electron chi connectivity index (χ3n) is 3.50. The second kappa shape index (κ2) is 4.78. The topological polar surface area (TPSA) is 38.5 Å². The highest BCUT2D eigenvalue weighted by molar-refractivity contribution is 9.10. The largest absolute Gasteiger partial charge is 0.495 e. The Hall–Kier alpha value is -1.68. The van der Waals surface area contributed by atoms with Crippen LogP contribution < -0.4 is 15.4 Å². The SMILES string of the molecule is COc1ccc(Br)cc1N1Cc2cccc(N)c2C1. The Balaban J connectivity index is 1.99. The van der Waals surface area contributed by atoms with Crippen LogP contribution in [0.4, 0.5) is 11.4 Å². The van der Waals surface area contributed by atoms with Gasteiger partial charge in [0.1, 0.15) is 5.75 Å². The summed E-state index contributed by atoms with van der Waals surface area (Å²) < 4.78 is 6.50. The highest BCUT2D eigenvalue weighted by Gasteiger charge is 2.23. The van der Waals surface area contributed by atoms with Crippen LogP contribution >= 0.6 is 15.9 Å². The molecule has 0 aromatic heterocycles. The molecule has 4 heteroatoms. The molecule has 98 valence electrons. The zero-order valence-corrected chi connectivity index (χ0v) is 12.3. The molecule has 0 saturated carbocycles. The standard InChI is InChI=1S/C15H15BrN2O/c1-19-15-6-5-11(16)7-14(15)18-8-10-3-2-4-13(17)12(10)9-18/h2-7H,8-9,17H2,1H3. The molecule has 0 spiro atoms. The van der Waals surface area contributed by atoms with E-state index in [1.807, 2.05) is 24.3 Å². The maximum absolute atomic E-state index is 6.05. The average Bonchev–Trinajstić information content (AvgIpc) is 2.84. The molecule has 19 heavy (non-hydrogen) atoms. The van der Waals surface area contributed by atoms with Gasteiger partial charge in [0.05, 0.1) is 12.8 Å². The smallest absolute Gasteiger partial charge is 0.142 e. The monoisotopic (exact) mass is 318 g/mol. The molecule has 0 bridgehead atoms. The Bertz CT molecular complexity index is 628. The Kier molecular flexibility index (Phi) is 3.11. The van der Waals surface area contributed by atoms with Gasteiger partial charge in [0.25, 0.3) is 0 Å². The zero-order chi connectivity index (χ0) is 13.4. The van der Waals surface area contributed by atoms with Gasteiger partial charge in [-0.1, -0.05) is 28.1 Å². The molecule has 0 radical (unpaired) electrons. The molecular weight excluding hydrogens is 304 g/mol. The van der Waals surface area contributed by atoms with Gasteiger partial charge in [-0.2, -0.15) is 0 Å². The summed E-state index contributed by atoms with van der Waals surface area (Å²) in [6.07, 6.45) is 0. The Morgan fingerprint density at radius 2 is 2.05 bits per heavy atom. The van der Waals surface area contributed by atoms with E-state index in [-0.39, 0.29) is 0 Å². The van der Waals surface area contributed by atoms with E-state index in [0.29, 0.717) is 0 Å². The molecule has 0 unspecified atom stereocenters. The van der Waals surface area contributed by atoms with E-state index in [1.54, 1.807) is 7.11 Å². The first-order valence-corrected chi connectivity index (χ1v) is 6.93. The number of methoxy groups -OCH3 is 1. The van der Waals surface area contributed by atoms with E-state index < -0.39 is 0 Å². The quantitative estimate of drug-likeness (QED) is 0.860. The predicted molar refractivity (Wildman–Crippen MR) is 81.4 cm³/mol. The Labute approximate surface area is 121 Å². The minimum atomic E-state index is 0.828. The third kappa shape index (κ3) is 2.16. The van der Waals surface area contributed by atoms with Gasteiger partial charge in [-0.3, -0.25) is 0 Å². The summed E-state index contributed by atoms with van der Waals surface area (Å²) in [4.78, 5) is 2.28. The van der Waals surface area contributed by atoms with E-state index in [4.69, 9.17) is 10.5 Å². The second-order valence-corrected chi connectivity index (χ2v) is 5.57. The number of nitrogens with two attached hydrogens (primary N) is 1. The van der Waals surface area contributed by atoms with Crippen molar-refractivity contribution in [2.24, 2.45) is 0 Å². The number of rotatable bonds is 2. The van der Waals surface area contributed by atoms with Crippen LogP contribution in [0, 0.1) is 0 Å². The fraction of sp³-hybridized carbons (Fsp3) is 0.200. The molecule has 0 aliphatic carbocycles. The van der Waals surface area contributed by atoms with Gasteiger partial charge >= 0.3 is 0 Å². The molecule has 3 nitrogen and oxygen atoms in total. The average molecular weight is 319 g/mol. The van der Waals surface area contributed by atoms with Gasteiger partial charge in [0.2, 0.25) is 0 Å². The van der Waals surface area contributed by atoms with Crippen LogP contribution in [0.5, 0.6) is 5.75 Å². The minimum absolute atomic E-state index is 0.828. The van der Waals surface area contributed by atoms with Gasteiger partial charge in [-0.05, 0) is 35.4 Å². The lowest BCUT2D eigenvalue weighted by Gasteiger charge is -2.21. The Morgan fingerprint density at radius 1 is 1.21 bits per heavy atom. The fourth-order valence-electron chi connectivity index (χ4n) is 2.53. The minimum Gasteiger partial charge on any atom is -0.495 e. The van der Waals surface area contributed by atoms with E-state index in [2.05, 4.69) is 33.0 Å². The number of fused-ring (bicyclic) bond motifs is 1. The summed E-state index contributed by atoms with van der Waals surface area (Å²) in [7, 11) is 1.70. The first-order valence-electron chi connectivity index (χ1n) is 6.14. The van der Waals surface area contributed by atoms with E-state index in [9.17, 15) is 0 Å². The molecule has 2 N–H and O–H groups in total. The van der Waals surface area contributed by atoms with E-state index in [0.717, 1.165) is 34.7 Å². The van der Waals surface area contributed by atoms with Crippen LogP contribution in [0.15, 0.2) is 40.9 Å². The van der Waals surface area contributed by atoms with Crippen LogP contribution in [-0.2, 0) is 13.1 Å². The molecule has 0 amide bonds. The molecular formula is C15H15BrN2O. The molecule has 0 atom stereocenters. The molecule has 0 fully saturated rings. The maximum atomic E-state index is 6.05. The van der Waals surface area contributed by atoms with Crippen molar-refractivity contribution in [1.29, 1.82) is 0 Å². The van der Waals surface area contributed by atoms with Crippen molar-refractivity contribution in [2.75, 3.05) is 17.7 Å². The van der Waals surface area contributed by atoms with Gasteiger partial charge in [-0.25, -0.2) is 0 Å². The summed E-state index contributed by atoms with van der Waals surface area (Å²) in [5.41, 5.74) is 10.5. The van der Waals surface area contributed by atoms with Crippen molar-refractivity contribution in [2.45, 2.75) is 13.1 Å². The molecule has 2 aromatic carbocycles. The normalized spacial score (nSPS) is 13.5. The van der Waals surface area contributed by atoms with Gasteiger partial charge in [0.15, 0.2) is 0 Å². The number of halogens is 1. The van der Waals surface area contributed by atoms with Crippen molar-refractivity contribution < 1.29 is 4.74 Å². The van der Waals surface area contributed by atoms with Crippen LogP contribution in [-0.4, -0.2) is 7.11 Å². The summed E-state index contributed by atoms with van der Waals surface area (Å²) >= 11 is 3.52. The van der Waals surface area contributed by atoms with Crippen molar-refractivity contribution in [1.82, 2.24) is 0 Å². The van der Waals surface area contributed by atoms with Crippen LogP contribution in [0.3, 0.4) is 0 Å². The molecule has 0 saturated heterocycles.